The molecule has 0 radical (unpaired) electrons. The standard InChI is InChI=1S/C11H13BrN4O2S/c1-3-16-10(14-15-11(16)19(13,17)18)8-6-4-5-7(2)9(8)12/h4-6H,3H2,1-2H3,(H2,13,17,18). The highest BCUT2D eigenvalue weighted by atomic mass is 79.9. The van der Waals surface area contributed by atoms with E-state index in [0.717, 1.165) is 15.6 Å². The van der Waals surface area contributed by atoms with E-state index in [1.807, 2.05) is 32.0 Å². The molecule has 19 heavy (non-hydrogen) atoms. The van der Waals surface area contributed by atoms with E-state index in [1.54, 1.807) is 0 Å². The van der Waals surface area contributed by atoms with Crippen molar-refractivity contribution in [2.24, 2.45) is 5.14 Å². The smallest absolute Gasteiger partial charge is 0.273 e. The van der Waals surface area contributed by atoms with E-state index in [9.17, 15) is 8.42 Å². The minimum atomic E-state index is -3.88. The molecule has 1 heterocycles. The van der Waals surface area contributed by atoms with E-state index in [0.29, 0.717) is 12.4 Å². The van der Waals surface area contributed by atoms with Gasteiger partial charge in [-0.1, -0.05) is 18.2 Å². The quantitative estimate of drug-likeness (QED) is 0.916. The first kappa shape index (κ1) is 14.2. The van der Waals surface area contributed by atoms with E-state index < -0.39 is 10.0 Å². The molecular formula is C11H13BrN4O2S. The summed E-state index contributed by atoms with van der Waals surface area (Å²) in [5.41, 5.74) is 1.81. The van der Waals surface area contributed by atoms with E-state index in [4.69, 9.17) is 5.14 Å². The van der Waals surface area contributed by atoms with Gasteiger partial charge in [0, 0.05) is 16.6 Å². The minimum absolute atomic E-state index is 0.224. The maximum absolute atomic E-state index is 11.5. The number of aromatic nitrogens is 3. The predicted octanol–water partition coefficient (Wildman–Crippen LogP) is 1.68. The van der Waals surface area contributed by atoms with Crippen LogP contribution in [-0.4, -0.2) is 23.2 Å². The van der Waals surface area contributed by atoms with Gasteiger partial charge in [0.15, 0.2) is 5.82 Å². The van der Waals surface area contributed by atoms with Crippen molar-refractivity contribution in [2.75, 3.05) is 0 Å². The third-order valence-electron chi connectivity index (χ3n) is 2.72. The SMILES string of the molecule is CCn1c(-c2cccc(C)c2Br)nnc1S(N)(=O)=O. The Morgan fingerprint density at radius 3 is 2.63 bits per heavy atom. The summed E-state index contributed by atoms with van der Waals surface area (Å²) < 4.78 is 25.2. The lowest BCUT2D eigenvalue weighted by molar-refractivity contribution is 0.571. The van der Waals surface area contributed by atoms with Crippen LogP contribution in [0.4, 0.5) is 0 Å². The van der Waals surface area contributed by atoms with Crippen LogP contribution in [0.1, 0.15) is 12.5 Å². The fourth-order valence-electron chi connectivity index (χ4n) is 1.80. The number of halogens is 1. The highest BCUT2D eigenvalue weighted by Gasteiger charge is 2.22. The molecule has 102 valence electrons. The van der Waals surface area contributed by atoms with Gasteiger partial charge in [-0.25, -0.2) is 13.6 Å². The lowest BCUT2D eigenvalue weighted by Gasteiger charge is -2.09. The second kappa shape index (κ2) is 5.03. The number of benzene rings is 1. The topological polar surface area (TPSA) is 90.9 Å². The highest BCUT2D eigenvalue weighted by molar-refractivity contribution is 9.10. The van der Waals surface area contributed by atoms with Crippen LogP contribution in [0, 0.1) is 6.92 Å². The Morgan fingerprint density at radius 1 is 1.37 bits per heavy atom. The van der Waals surface area contributed by atoms with Gasteiger partial charge in [0.1, 0.15) is 0 Å². The number of rotatable bonds is 3. The zero-order valence-corrected chi connectivity index (χ0v) is 12.9. The Hall–Kier alpha value is -1.25. The van der Waals surface area contributed by atoms with Gasteiger partial charge in [-0.05, 0) is 35.3 Å². The van der Waals surface area contributed by atoms with Gasteiger partial charge in [-0.3, -0.25) is 4.57 Å². The fourth-order valence-corrected chi connectivity index (χ4v) is 2.92. The summed E-state index contributed by atoms with van der Waals surface area (Å²) in [5.74, 6) is 0.474. The zero-order chi connectivity index (χ0) is 14.2. The molecule has 0 aliphatic heterocycles. The molecule has 0 amide bonds. The Labute approximate surface area is 119 Å². The van der Waals surface area contributed by atoms with Crippen molar-refractivity contribution in [2.45, 2.75) is 25.5 Å². The van der Waals surface area contributed by atoms with E-state index in [1.165, 1.54) is 4.57 Å². The molecule has 0 aliphatic carbocycles. The van der Waals surface area contributed by atoms with Gasteiger partial charge < -0.3 is 0 Å². The third kappa shape index (κ3) is 2.56. The molecule has 0 saturated carbocycles. The largest absolute Gasteiger partial charge is 0.297 e. The summed E-state index contributed by atoms with van der Waals surface area (Å²) in [6.07, 6.45) is 0. The Balaban J connectivity index is 2.71. The number of sulfonamides is 1. The maximum Gasteiger partial charge on any atom is 0.273 e. The molecule has 0 bridgehead atoms. The van der Waals surface area contributed by atoms with Crippen LogP contribution in [0.25, 0.3) is 11.4 Å². The number of aryl methyl sites for hydroxylation is 1. The van der Waals surface area contributed by atoms with Crippen LogP contribution < -0.4 is 5.14 Å². The lowest BCUT2D eigenvalue weighted by atomic mass is 10.1. The Kier molecular flexibility index (Phi) is 3.75. The van der Waals surface area contributed by atoms with Gasteiger partial charge in [-0.15, -0.1) is 10.2 Å². The van der Waals surface area contributed by atoms with Crippen molar-refractivity contribution >= 4 is 26.0 Å². The molecule has 2 N–H and O–H groups in total. The molecule has 8 heteroatoms. The van der Waals surface area contributed by atoms with Crippen LogP contribution >= 0.6 is 15.9 Å². The molecule has 6 nitrogen and oxygen atoms in total. The van der Waals surface area contributed by atoms with E-state index in [-0.39, 0.29) is 5.16 Å². The van der Waals surface area contributed by atoms with Crippen LogP contribution in [0.15, 0.2) is 27.8 Å². The number of nitrogens with two attached hydrogens (primary N) is 1. The summed E-state index contributed by atoms with van der Waals surface area (Å²) in [7, 11) is -3.88. The molecule has 1 aromatic heterocycles. The Bertz CT molecular complexity index is 724. The number of hydrogen-bond donors (Lipinski definition) is 1. The van der Waals surface area contributed by atoms with Crippen LogP contribution in [0.3, 0.4) is 0 Å². The molecule has 0 saturated heterocycles. The van der Waals surface area contributed by atoms with Crippen molar-refractivity contribution in [3.05, 3.63) is 28.2 Å². The molecule has 0 aliphatic rings. The molecule has 0 fully saturated rings. The maximum atomic E-state index is 11.5. The first-order valence-electron chi connectivity index (χ1n) is 5.57. The summed E-state index contributed by atoms with van der Waals surface area (Å²) >= 11 is 3.48. The summed E-state index contributed by atoms with van der Waals surface area (Å²) in [5, 5.41) is 12.5. The van der Waals surface area contributed by atoms with Gasteiger partial charge in [-0.2, -0.15) is 0 Å². The molecule has 2 aromatic rings. The second-order valence-corrected chi connectivity index (χ2v) is 6.28. The van der Waals surface area contributed by atoms with Crippen molar-refractivity contribution in [3.63, 3.8) is 0 Å². The third-order valence-corrected chi connectivity index (χ3v) is 4.58. The van der Waals surface area contributed by atoms with Crippen LogP contribution in [0.2, 0.25) is 0 Å². The van der Waals surface area contributed by atoms with E-state index >= 15 is 0 Å². The minimum Gasteiger partial charge on any atom is -0.297 e. The van der Waals surface area contributed by atoms with Crippen molar-refractivity contribution < 1.29 is 8.42 Å². The number of primary sulfonamides is 1. The van der Waals surface area contributed by atoms with Crippen LogP contribution in [0.5, 0.6) is 0 Å². The first-order chi connectivity index (χ1) is 8.86. The average molecular weight is 345 g/mol. The highest BCUT2D eigenvalue weighted by Crippen LogP contribution is 2.30. The normalized spacial score (nSPS) is 11.8. The lowest BCUT2D eigenvalue weighted by Crippen LogP contribution is -2.18. The van der Waals surface area contributed by atoms with Gasteiger partial charge in [0.25, 0.3) is 15.2 Å². The number of hydrogen-bond acceptors (Lipinski definition) is 4. The molecule has 1 aromatic carbocycles. The van der Waals surface area contributed by atoms with Gasteiger partial charge in [0.05, 0.1) is 0 Å². The van der Waals surface area contributed by atoms with Crippen molar-refractivity contribution in [1.29, 1.82) is 0 Å². The average Bonchev–Trinajstić information content (AvgIpc) is 2.76. The zero-order valence-electron chi connectivity index (χ0n) is 10.5. The Morgan fingerprint density at radius 2 is 2.05 bits per heavy atom. The summed E-state index contributed by atoms with van der Waals surface area (Å²) in [6, 6.07) is 5.67. The second-order valence-electron chi connectivity index (χ2n) is 4.03. The summed E-state index contributed by atoms with van der Waals surface area (Å²) in [6.45, 7) is 4.17. The molecular weight excluding hydrogens is 332 g/mol. The predicted molar refractivity (Wildman–Crippen MR) is 74.9 cm³/mol. The van der Waals surface area contributed by atoms with Crippen LogP contribution in [-0.2, 0) is 16.6 Å². The monoisotopic (exact) mass is 344 g/mol. The first-order valence-corrected chi connectivity index (χ1v) is 7.91. The van der Waals surface area contributed by atoms with Gasteiger partial charge >= 0.3 is 0 Å². The molecule has 0 spiro atoms. The molecule has 0 atom stereocenters. The van der Waals surface area contributed by atoms with Crippen molar-refractivity contribution in [1.82, 2.24) is 14.8 Å². The van der Waals surface area contributed by atoms with E-state index in [2.05, 4.69) is 26.1 Å². The molecule has 0 unspecified atom stereocenters. The van der Waals surface area contributed by atoms with Crippen molar-refractivity contribution in [3.8, 4) is 11.4 Å². The van der Waals surface area contributed by atoms with Gasteiger partial charge in [0.2, 0.25) is 0 Å². The fraction of sp³-hybridized carbons (Fsp3) is 0.273. The summed E-state index contributed by atoms with van der Waals surface area (Å²) in [4.78, 5) is 0. The molecule has 2 rings (SSSR count). The number of nitrogens with zero attached hydrogens (tertiary/aromatic N) is 3.